The fourth-order valence-electron chi connectivity index (χ4n) is 3.04. The van der Waals surface area contributed by atoms with Crippen molar-refractivity contribution in [1.82, 2.24) is 10.5 Å². The molecule has 1 aliphatic carbocycles. The van der Waals surface area contributed by atoms with Crippen molar-refractivity contribution in [3.63, 3.8) is 0 Å². The summed E-state index contributed by atoms with van der Waals surface area (Å²) in [5, 5.41) is 6.58. The number of fused-ring (bicyclic) bond motifs is 1. The second-order valence-electron chi connectivity index (χ2n) is 6.28. The van der Waals surface area contributed by atoms with E-state index in [4.69, 9.17) is 10.3 Å². The average molecular weight is 345 g/mol. The van der Waals surface area contributed by atoms with Gasteiger partial charge in [-0.2, -0.15) is 0 Å². The Labute approximate surface area is 144 Å². The molecule has 2 amide bonds. The Kier molecular flexibility index (Phi) is 5.11. The number of nitrogens with one attached hydrogen (secondary N) is 1. The minimum absolute atomic E-state index is 0.0905. The number of rotatable bonds is 6. The van der Waals surface area contributed by atoms with Crippen LogP contribution in [-0.2, 0) is 24.1 Å². The third-order valence-electron chi connectivity index (χ3n) is 4.47. The van der Waals surface area contributed by atoms with Crippen LogP contribution in [0, 0.1) is 11.7 Å². The van der Waals surface area contributed by atoms with Crippen molar-refractivity contribution in [1.29, 1.82) is 0 Å². The van der Waals surface area contributed by atoms with Crippen LogP contribution in [0.1, 0.15) is 40.2 Å². The van der Waals surface area contributed by atoms with Crippen LogP contribution in [0.3, 0.4) is 0 Å². The summed E-state index contributed by atoms with van der Waals surface area (Å²) in [6, 6.07) is 5.85. The molecule has 1 aromatic carbocycles. The highest BCUT2D eigenvalue weighted by Crippen LogP contribution is 2.24. The number of carbonyl (C=O) groups is 2. The number of nitrogens with zero attached hydrogens (tertiary/aromatic N) is 1. The smallest absolute Gasteiger partial charge is 0.273 e. The van der Waals surface area contributed by atoms with Crippen molar-refractivity contribution in [3.05, 3.63) is 52.7 Å². The molecule has 7 heteroatoms. The molecule has 0 bridgehead atoms. The summed E-state index contributed by atoms with van der Waals surface area (Å²) in [7, 11) is 0. The Bertz CT molecular complexity index is 770. The van der Waals surface area contributed by atoms with E-state index in [9.17, 15) is 14.0 Å². The summed E-state index contributed by atoms with van der Waals surface area (Å²) in [6.07, 6.45) is 3.93. The fourth-order valence-corrected chi connectivity index (χ4v) is 3.04. The molecule has 1 aliphatic rings. The Hall–Kier alpha value is -2.70. The highest BCUT2D eigenvalue weighted by atomic mass is 19.1. The van der Waals surface area contributed by atoms with Crippen molar-refractivity contribution < 1.29 is 18.5 Å². The molecular weight excluding hydrogens is 325 g/mol. The second kappa shape index (κ2) is 7.46. The second-order valence-corrected chi connectivity index (χ2v) is 6.28. The van der Waals surface area contributed by atoms with Crippen LogP contribution >= 0.6 is 0 Å². The Balaban J connectivity index is 1.63. The lowest BCUT2D eigenvalue weighted by Crippen LogP contribution is -2.37. The maximum absolute atomic E-state index is 13.0. The number of primary amides is 1. The molecule has 1 heterocycles. The van der Waals surface area contributed by atoms with Crippen LogP contribution in [-0.4, -0.2) is 23.5 Å². The normalized spacial score (nSPS) is 14.6. The predicted molar refractivity (Wildman–Crippen MR) is 88.3 cm³/mol. The number of hydrogen-bond acceptors (Lipinski definition) is 4. The van der Waals surface area contributed by atoms with Crippen molar-refractivity contribution in [3.8, 4) is 0 Å². The van der Waals surface area contributed by atoms with Crippen molar-refractivity contribution in [2.45, 2.75) is 32.1 Å². The van der Waals surface area contributed by atoms with E-state index in [1.54, 1.807) is 12.1 Å². The zero-order valence-corrected chi connectivity index (χ0v) is 13.8. The Morgan fingerprint density at radius 1 is 1.24 bits per heavy atom. The first-order valence-electron chi connectivity index (χ1n) is 8.34. The first-order valence-corrected chi connectivity index (χ1v) is 8.34. The molecule has 1 atom stereocenters. The van der Waals surface area contributed by atoms with Gasteiger partial charge in [-0.25, -0.2) is 4.39 Å². The highest BCUT2D eigenvalue weighted by molar-refractivity contribution is 5.94. The molecule has 6 nitrogen and oxygen atoms in total. The summed E-state index contributed by atoms with van der Waals surface area (Å²) < 4.78 is 18.2. The van der Waals surface area contributed by atoms with Crippen molar-refractivity contribution in [2.75, 3.05) is 6.54 Å². The number of hydrogen-bond donors (Lipinski definition) is 2. The number of halogens is 1. The summed E-state index contributed by atoms with van der Waals surface area (Å²) in [4.78, 5) is 24.0. The molecular formula is C18H20FN3O3. The van der Waals surface area contributed by atoms with Crippen LogP contribution in [0.5, 0.6) is 0 Å². The SMILES string of the molecule is NC(=O)[C@@H](CNC(=O)c1noc2c1CCCC2)Cc1ccc(F)cc1. The lowest BCUT2D eigenvalue weighted by atomic mass is 9.96. The van der Waals surface area contributed by atoms with E-state index < -0.39 is 11.8 Å². The molecule has 0 saturated carbocycles. The van der Waals surface area contributed by atoms with Crippen LogP contribution < -0.4 is 11.1 Å². The number of amides is 2. The van der Waals surface area contributed by atoms with Crippen molar-refractivity contribution >= 4 is 11.8 Å². The van der Waals surface area contributed by atoms with Gasteiger partial charge in [0.15, 0.2) is 5.69 Å². The molecule has 2 aromatic rings. The molecule has 3 N–H and O–H groups in total. The number of nitrogens with two attached hydrogens (primary N) is 1. The molecule has 0 unspecified atom stereocenters. The van der Waals surface area contributed by atoms with E-state index in [-0.39, 0.29) is 18.3 Å². The van der Waals surface area contributed by atoms with Gasteiger partial charge in [-0.15, -0.1) is 0 Å². The van der Waals surface area contributed by atoms with Gasteiger partial charge in [0.2, 0.25) is 5.91 Å². The quantitative estimate of drug-likeness (QED) is 0.833. The van der Waals surface area contributed by atoms with Gasteiger partial charge >= 0.3 is 0 Å². The van der Waals surface area contributed by atoms with Gasteiger partial charge in [0.25, 0.3) is 5.91 Å². The van der Waals surface area contributed by atoms with Gasteiger partial charge in [-0.3, -0.25) is 9.59 Å². The highest BCUT2D eigenvalue weighted by Gasteiger charge is 2.25. The molecule has 0 aliphatic heterocycles. The first-order chi connectivity index (χ1) is 12.0. The molecule has 0 fully saturated rings. The topological polar surface area (TPSA) is 98.2 Å². The number of benzene rings is 1. The van der Waals surface area contributed by atoms with E-state index >= 15 is 0 Å². The summed E-state index contributed by atoms with van der Waals surface area (Å²) in [5.74, 6) is -1.04. The first kappa shape index (κ1) is 17.1. The van der Waals surface area contributed by atoms with E-state index in [0.29, 0.717) is 12.1 Å². The fraction of sp³-hybridized carbons (Fsp3) is 0.389. The van der Waals surface area contributed by atoms with Crippen molar-refractivity contribution in [2.24, 2.45) is 11.7 Å². The third-order valence-corrected chi connectivity index (χ3v) is 4.47. The standard InChI is InChI=1S/C18H20FN3O3/c19-13-7-5-11(6-8-13)9-12(17(20)23)10-21-18(24)16-14-3-1-2-4-15(14)25-22-16/h5-8,12H,1-4,9-10H2,(H2,20,23)(H,21,24)/t12-/m1/s1. The van der Waals surface area contributed by atoms with Gasteiger partial charge in [-0.05, 0) is 43.4 Å². The zero-order valence-electron chi connectivity index (χ0n) is 13.8. The monoisotopic (exact) mass is 345 g/mol. The molecule has 0 radical (unpaired) electrons. The van der Waals surface area contributed by atoms with Gasteiger partial charge in [0, 0.05) is 18.5 Å². The lowest BCUT2D eigenvalue weighted by Gasteiger charge is -2.14. The van der Waals surface area contributed by atoms with Crippen LogP contribution in [0.2, 0.25) is 0 Å². The summed E-state index contributed by atoms with van der Waals surface area (Å²) in [5.41, 5.74) is 7.36. The van der Waals surface area contributed by atoms with E-state index in [2.05, 4.69) is 10.5 Å². The molecule has 25 heavy (non-hydrogen) atoms. The molecule has 132 valence electrons. The summed E-state index contributed by atoms with van der Waals surface area (Å²) in [6.45, 7) is 0.0905. The zero-order chi connectivity index (χ0) is 17.8. The predicted octanol–water partition coefficient (Wildman–Crippen LogP) is 1.77. The maximum atomic E-state index is 13.0. The maximum Gasteiger partial charge on any atom is 0.273 e. The number of aromatic nitrogens is 1. The molecule has 0 spiro atoms. The molecule has 0 saturated heterocycles. The third kappa shape index (κ3) is 4.04. The van der Waals surface area contributed by atoms with Gasteiger partial charge in [-0.1, -0.05) is 17.3 Å². The van der Waals surface area contributed by atoms with Gasteiger partial charge < -0.3 is 15.6 Å². The van der Waals surface area contributed by atoms with Crippen LogP contribution in [0.4, 0.5) is 4.39 Å². The summed E-state index contributed by atoms with van der Waals surface area (Å²) >= 11 is 0. The average Bonchev–Trinajstić information content (AvgIpc) is 3.04. The van der Waals surface area contributed by atoms with E-state index in [1.165, 1.54) is 12.1 Å². The lowest BCUT2D eigenvalue weighted by molar-refractivity contribution is -0.121. The largest absolute Gasteiger partial charge is 0.369 e. The van der Waals surface area contributed by atoms with Gasteiger partial charge in [0.05, 0.1) is 5.92 Å². The van der Waals surface area contributed by atoms with Crippen LogP contribution in [0.25, 0.3) is 0 Å². The van der Waals surface area contributed by atoms with E-state index in [1.807, 2.05) is 0 Å². The van der Waals surface area contributed by atoms with E-state index in [0.717, 1.165) is 42.6 Å². The number of aryl methyl sites for hydroxylation is 1. The van der Waals surface area contributed by atoms with Crippen LogP contribution in [0.15, 0.2) is 28.8 Å². The molecule has 1 aromatic heterocycles. The molecule has 3 rings (SSSR count). The Morgan fingerprint density at radius 2 is 1.96 bits per heavy atom. The minimum atomic E-state index is -0.586. The number of carbonyl (C=O) groups excluding carboxylic acids is 2. The minimum Gasteiger partial charge on any atom is -0.369 e. The van der Waals surface area contributed by atoms with Gasteiger partial charge in [0.1, 0.15) is 11.6 Å². The Morgan fingerprint density at radius 3 is 2.68 bits per heavy atom.